The molecular weight excluding hydrogens is 346 g/mol. The molecule has 26 heavy (non-hydrogen) atoms. The number of fused-ring (bicyclic) bond motifs is 3. The lowest BCUT2D eigenvalue weighted by atomic mass is 10.1. The number of rotatable bonds is 4. The number of para-hydroxylation sites is 1. The maximum atomic E-state index is 12.2. The van der Waals surface area contributed by atoms with Gasteiger partial charge in [-0.1, -0.05) is 53.8 Å². The van der Waals surface area contributed by atoms with Gasteiger partial charge in [-0.05, 0) is 23.6 Å². The molecule has 0 aliphatic rings. The van der Waals surface area contributed by atoms with Gasteiger partial charge in [0.25, 0.3) is 5.91 Å². The second kappa shape index (κ2) is 6.82. The summed E-state index contributed by atoms with van der Waals surface area (Å²) in [4.78, 5) is 16.7. The van der Waals surface area contributed by atoms with Crippen molar-refractivity contribution in [1.29, 1.82) is 5.26 Å². The number of hydrogen-bond donors (Lipinski definition) is 1. The Labute approximate surface area is 153 Å². The van der Waals surface area contributed by atoms with Crippen molar-refractivity contribution in [3.05, 3.63) is 66.2 Å². The fraction of sp³-hybridized carbons (Fsp3) is 0.0500. The van der Waals surface area contributed by atoms with Crippen molar-refractivity contribution < 1.29 is 9.53 Å². The van der Waals surface area contributed by atoms with Crippen LogP contribution in [0.5, 0.6) is 5.75 Å². The number of hydrogen-bond acceptors (Lipinski definition) is 5. The molecule has 0 spiro atoms. The first-order valence-electron chi connectivity index (χ1n) is 7.94. The summed E-state index contributed by atoms with van der Waals surface area (Å²) in [5.74, 6) is 0.0709. The minimum Gasteiger partial charge on any atom is -0.482 e. The van der Waals surface area contributed by atoms with Gasteiger partial charge >= 0.3 is 0 Å². The number of nitrogens with zero attached hydrogens (tertiary/aromatic N) is 2. The van der Waals surface area contributed by atoms with Crippen molar-refractivity contribution in [2.75, 3.05) is 11.9 Å². The Kier molecular flexibility index (Phi) is 4.22. The van der Waals surface area contributed by atoms with Crippen molar-refractivity contribution >= 4 is 43.4 Å². The molecule has 5 nitrogen and oxygen atoms in total. The van der Waals surface area contributed by atoms with Gasteiger partial charge in [0.1, 0.15) is 11.8 Å². The molecule has 0 radical (unpaired) electrons. The van der Waals surface area contributed by atoms with E-state index in [1.54, 1.807) is 24.3 Å². The van der Waals surface area contributed by atoms with E-state index in [-0.39, 0.29) is 12.5 Å². The van der Waals surface area contributed by atoms with Crippen molar-refractivity contribution in [2.24, 2.45) is 0 Å². The second-order valence-corrected chi connectivity index (χ2v) is 6.63. The summed E-state index contributed by atoms with van der Waals surface area (Å²) >= 11 is 1.42. The fourth-order valence-corrected chi connectivity index (χ4v) is 3.60. The zero-order valence-electron chi connectivity index (χ0n) is 13.6. The highest BCUT2D eigenvalue weighted by Gasteiger charge is 2.11. The van der Waals surface area contributed by atoms with E-state index in [9.17, 15) is 4.79 Å². The van der Waals surface area contributed by atoms with Crippen LogP contribution >= 0.6 is 11.3 Å². The van der Waals surface area contributed by atoms with Crippen LogP contribution < -0.4 is 10.1 Å². The fourth-order valence-electron chi connectivity index (χ4n) is 2.70. The summed E-state index contributed by atoms with van der Waals surface area (Å²) in [6.45, 7) is -0.185. The number of nitriles is 1. The molecule has 0 aliphatic carbocycles. The Hall–Kier alpha value is -3.43. The standard InChI is InChI=1S/C20H13N3O2S/c21-11-14-6-2-4-8-16(14)25-12-18(24)22-20-23-19-15-7-3-1-5-13(15)9-10-17(19)26-20/h1-10H,12H2,(H,22,23,24). The number of thiazole rings is 1. The molecule has 0 unspecified atom stereocenters. The number of amides is 1. The van der Waals surface area contributed by atoms with Crippen LogP contribution in [0.4, 0.5) is 5.13 Å². The van der Waals surface area contributed by atoms with Gasteiger partial charge in [0.05, 0.1) is 15.8 Å². The molecule has 0 saturated carbocycles. The second-order valence-electron chi connectivity index (χ2n) is 5.60. The predicted octanol–water partition coefficient (Wildman–Crippen LogP) is 4.34. The van der Waals surface area contributed by atoms with Crippen LogP contribution in [0.15, 0.2) is 60.7 Å². The minimum atomic E-state index is -0.318. The van der Waals surface area contributed by atoms with Crippen LogP contribution in [-0.2, 0) is 4.79 Å². The van der Waals surface area contributed by atoms with Crippen molar-refractivity contribution in [2.45, 2.75) is 0 Å². The maximum Gasteiger partial charge on any atom is 0.264 e. The number of nitrogens with one attached hydrogen (secondary N) is 1. The SMILES string of the molecule is N#Cc1ccccc1OCC(=O)Nc1nc2c(ccc3ccccc32)s1. The van der Waals surface area contributed by atoms with Gasteiger partial charge in [-0.2, -0.15) is 5.26 Å². The van der Waals surface area contributed by atoms with Crippen LogP contribution in [0.1, 0.15) is 5.56 Å². The number of carbonyl (C=O) groups is 1. The molecular formula is C20H13N3O2S. The van der Waals surface area contributed by atoms with Crippen LogP contribution in [0, 0.1) is 11.3 Å². The largest absolute Gasteiger partial charge is 0.482 e. The molecule has 1 amide bonds. The van der Waals surface area contributed by atoms with Gasteiger partial charge in [-0.3, -0.25) is 10.1 Å². The molecule has 0 bridgehead atoms. The summed E-state index contributed by atoms with van der Waals surface area (Å²) in [7, 11) is 0. The van der Waals surface area contributed by atoms with Crippen molar-refractivity contribution in [1.82, 2.24) is 4.98 Å². The van der Waals surface area contributed by atoms with E-state index >= 15 is 0 Å². The van der Waals surface area contributed by atoms with Crippen LogP contribution in [0.3, 0.4) is 0 Å². The molecule has 1 heterocycles. The molecule has 0 saturated heterocycles. The summed E-state index contributed by atoms with van der Waals surface area (Å²) in [6.07, 6.45) is 0. The molecule has 4 rings (SSSR count). The zero-order valence-corrected chi connectivity index (χ0v) is 14.4. The Balaban J connectivity index is 1.51. The molecule has 0 atom stereocenters. The highest BCUT2D eigenvalue weighted by molar-refractivity contribution is 7.22. The van der Waals surface area contributed by atoms with Crippen LogP contribution in [-0.4, -0.2) is 17.5 Å². The summed E-state index contributed by atoms with van der Waals surface area (Å²) in [5.41, 5.74) is 1.27. The van der Waals surface area contributed by atoms with Gasteiger partial charge in [0, 0.05) is 5.39 Å². The van der Waals surface area contributed by atoms with Gasteiger partial charge in [0.2, 0.25) is 0 Å². The summed E-state index contributed by atoms with van der Waals surface area (Å²) < 4.78 is 6.46. The third-order valence-corrected chi connectivity index (χ3v) is 4.83. The van der Waals surface area contributed by atoms with Crippen LogP contribution in [0.25, 0.3) is 21.0 Å². The Bertz CT molecular complexity index is 1160. The van der Waals surface area contributed by atoms with Gasteiger partial charge in [0.15, 0.2) is 11.7 Å². The molecule has 126 valence electrons. The van der Waals surface area contributed by atoms with Crippen molar-refractivity contribution in [3.8, 4) is 11.8 Å². The van der Waals surface area contributed by atoms with Crippen molar-refractivity contribution in [3.63, 3.8) is 0 Å². The molecule has 4 aromatic rings. The van der Waals surface area contributed by atoms with Crippen LogP contribution in [0.2, 0.25) is 0 Å². The lowest BCUT2D eigenvalue weighted by Crippen LogP contribution is -2.20. The molecule has 3 aromatic carbocycles. The monoisotopic (exact) mass is 359 g/mol. The molecule has 0 fully saturated rings. The topological polar surface area (TPSA) is 75.0 Å². The Morgan fingerprint density at radius 1 is 1.12 bits per heavy atom. The smallest absolute Gasteiger partial charge is 0.264 e. The first-order chi connectivity index (χ1) is 12.7. The first kappa shape index (κ1) is 16.1. The van der Waals surface area contributed by atoms with E-state index in [1.165, 1.54) is 11.3 Å². The predicted molar refractivity (Wildman–Crippen MR) is 102 cm³/mol. The molecule has 1 N–H and O–H groups in total. The third kappa shape index (κ3) is 3.08. The van der Waals surface area contributed by atoms with E-state index in [1.807, 2.05) is 42.5 Å². The minimum absolute atomic E-state index is 0.185. The van der Waals surface area contributed by atoms with E-state index in [0.29, 0.717) is 16.4 Å². The average Bonchev–Trinajstić information content (AvgIpc) is 3.09. The van der Waals surface area contributed by atoms with E-state index in [0.717, 1.165) is 21.0 Å². The lowest BCUT2D eigenvalue weighted by molar-refractivity contribution is -0.118. The quantitative estimate of drug-likeness (QED) is 0.588. The zero-order chi connectivity index (χ0) is 17.9. The Morgan fingerprint density at radius 2 is 1.92 bits per heavy atom. The van der Waals surface area contributed by atoms with E-state index < -0.39 is 0 Å². The third-order valence-electron chi connectivity index (χ3n) is 3.90. The van der Waals surface area contributed by atoms with Gasteiger partial charge in [-0.15, -0.1) is 0 Å². The molecule has 6 heteroatoms. The number of anilines is 1. The molecule has 0 aliphatic heterocycles. The number of aromatic nitrogens is 1. The maximum absolute atomic E-state index is 12.2. The number of carbonyl (C=O) groups excluding carboxylic acids is 1. The van der Waals surface area contributed by atoms with Gasteiger partial charge in [-0.25, -0.2) is 4.98 Å². The molecule has 1 aromatic heterocycles. The normalized spacial score (nSPS) is 10.6. The average molecular weight is 359 g/mol. The number of ether oxygens (including phenoxy) is 1. The highest BCUT2D eigenvalue weighted by Crippen LogP contribution is 2.31. The lowest BCUT2D eigenvalue weighted by Gasteiger charge is -2.06. The highest BCUT2D eigenvalue weighted by atomic mass is 32.1. The summed E-state index contributed by atoms with van der Waals surface area (Å²) in [5, 5.41) is 14.5. The Morgan fingerprint density at radius 3 is 2.81 bits per heavy atom. The first-order valence-corrected chi connectivity index (χ1v) is 8.76. The summed E-state index contributed by atoms with van der Waals surface area (Å²) in [6, 6.07) is 20.9. The number of benzene rings is 3. The van der Waals surface area contributed by atoms with Gasteiger partial charge < -0.3 is 4.74 Å². The van der Waals surface area contributed by atoms with E-state index in [4.69, 9.17) is 10.00 Å². The van der Waals surface area contributed by atoms with E-state index in [2.05, 4.69) is 10.3 Å².